The number of unbranched alkanes of at least 4 members (excludes halogenated alkanes) is 1. The average molecular weight is 324 g/mol. The van der Waals surface area contributed by atoms with Crippen LogP contribution in [0.4, 0.5) is 5.69 Å². The summed E-state index contributed by atoms with van der Waals surface area (Å²) < 4.78 is 16.0. The van der Waals surface area contributed by atoms with Crippen molar-refractivity contribution in [3.63, 3.8) is 0 Å². The fraction of sp³-hybridized carbons (Fsp3) is 0.647. The first-order valence-corrected chi connectivity index (χ1v) is 8.09. The van der Waals surface area contributed by atoms with Crippen molar-refractivity contribution in [1.82, 2.24) is 4.98 Å². The summed E-state index contributed by atoms with van der Waals surface area (Å²) in [6, 6.07) is 3.48. The highest BCUT2D eigenvalue weighted by Gasteiger charge is 2.33. The second kappa shape index (κ2) is 10.2. The number of hydrogen-bond donors (Lipinski definition) is 1. The third-order valence-electron chi connectivity index (χ3n) is 3.48. The summed E-state index contributed by atoms with van der Waals surface area (Å²) in [4.78, 5) is 16.7. The lowest BCUT2D eigenvalue weighted by atomic mass is 9.97. The Labute approximate surface area is 138 Å². The summed E-state index contributed by atoms with van der Waals surface area (Å²) in [5.41, 5.74) is -0.199. The predicted molar refractivity (Wildman–Crippen MR) is 89.8 cm³/mol. The highest BCUT2D eigenvalue weighted by Crippen LogP contribution is 2.22. The Bertz CT molecular complexity index is 464. The van der Waals surface area contributed by atoms with E-state index in [0.29, 0.717) is 37.8 Å². The summed E-state index contributed by atoms with van der Waals surface area (Å²) >= 11 is 0. The molecule has 1 unspecified atom stereocenters. The lowest BCUT2D eigenvalue weighted by molar-refractivity contribution is -0.139. The van der Waals surface area contributed by atoms with E-state index in [9.17, 15) is 4.79 Å². The minimum absolute atomic E-state index is 0.150. The zero-order valence-electron chi connectivity index (χ0n) is 14.6. The molecule has 0 radical (unpaired) electrons. The lowest BCUT2D eigenvalue weighted by Gasteiger charge is -2.28. The molecule has 0 fully saturated rings. The van der Waals surface area contributed by atoms with Gasteiger partial charge < -0.3 is 19.5 Å². The average Bonchev–Trinajstić information content (AvgIpc) is 2.55. The van der Waals surface area contributed by atoms with Gasteiger partial charge in [0, 0.05) is 19.8 Å². The molecule has 0 bridgehead atoms. The molecule has 23 heavy (non-hydrogen) atoms. The quantitative estimate of drug-likeness (QED) is 0.634. The van der Waals surface area contributed by atoms with Crippen molar-refractivity contribution < 1.29 is 19.0 Å². The van der Waals surface area contributed by atoms with E-state index in [-0.39, 0.29) is 5.91 Å². The van der Waals surface area contributed by atoms with Gasteiger partial charge in [-0.2, -0.15) is 0 Å². The van der Waals surface area contributed by atoms with Crippen LogP contribution >= 0.6 is 0 Å². The first-order chi connectivity index (χ1) is 11.1. The van der Waals surface area contributed by atoms with Crippen LogP contribution in [0.1, 0.15) is 40.0 Å². The van der Waals surface area contributed by atoms with E-state index in [1.807, 2.05) is 13.8 Å². The second-order valence-electron chi connectivity index (χ2n) is 5.45. The smallest absolute Gasteiger partial charge is 0.256 e. The fourth-order valence-corrected chi connectivity index (χ4v) is 2.12. The van der Waals surface area contributed by atoms with Crippen molar-refractivity contribution in [2.45, 2.75) is 45.6 Å². The molecule has 0 saturated carbocycles. The molecule has 6 nitrogen and oxygen atoms in total. The normalized spacial score (nSPS) is 13.4. The Kier molecular flexibility index (Phi) is 8.58. The SMILES string of the molecule is CCCCC(C)(OCC)C(=O)Nc1ccc(OCCOC)nc1. The second-order valence-corrected chi connectivity index (χ2v) is 5.45. The van der Waals surface area contributed by atoms with E-state index in [0.717, 1.165) is 12.8 Å². The maximum Gasteiger partial charge on any atom is 0.256 e. The van der Waals surface area contributed by atoms with Gasteiger partial charge in [0.15, 0.2) is 0 Å². The number of pyridine rings is 1. The number of carbonyl (C=O) groups is 1. The molecule has 1 atom stereocenters. The van der Waals surface area contributed by atoms with Crippen molar-refractivity contribution >= 4 is 11.6 Å². The van der Waals surface area contributed by atoms with Gasteiger partial charge in [-0.25, -0.2) is 4.98 Å². The molecular weight excluding hydrogens is 296 g/mol. The summed E-state index contributed by atoms with van der Waals surface area (Å²) in [6.45, 7) is 7.26. The molecular formula is C17H28N2O4. The molecule has 1 aromatic heterocycles. The molecule has 0 spiro atoms. The predicted octanol–water partition coefficient (Wildman–Crippen LogP) is 3.03. The Hall–Kier alpha value is -1.66. The number of nitrogens with one attached hydrogen (secondary N) is 1. The zero-order chi connectivity index (χ0) is 17.1. The molecule has 1 rings (SSSR count). The molecule has 6 heteroatoms. The lowest BCUT2D eigenvalue weighted by Crippen LogP contribution is -2.42. The van der Waals surface area contributed by atoms with Gasteiger partial charge in [-0.3, -0.25) is 4.79 Å². The van der Waals surface area contributed by atoms with Crippen LogP contribution < -0.4 is 10.1 Å². The van der Waals surface area contributed by atoms with Gasteiger partial charge >= 0.3 is 0 Å². The number of carbonyl (C=O) groups excluding carboxylic acids is 1. The summed E-state index contributed by atoms with van der Waals surface area (Å²) in [6.07, 6.45) is 4.22. The standard InChI is InChI=1S/C17H28N2O4/c1-5-7-10-17(3,23-6-2)16(20)19-14-8-9-15(18-13-14)22-12-11-21-4/h8-9,13H,5-7,10-12H2,1-4H3,(H,19,20). The first kappa shape index (κ1) is 19.4. The molecule has 130 valence electrons. The summed E-state index contributed by atoms with van der Waals surface area (Å²) in [5.74, 6) is 0.348. The van der Waals surface area contributed by atoms with E-state index >= 15 is 0 Å². The van der Waals surface area contributed by atoms with Crippen LogP contribution in [0.5, 0.6) is 5.88 Å². The van der Waals surface area contributed by atoms with Crippen LogP contribution in [-0.2, 0) is 14.3 Å². The highest BCUT2D eigenvalue weighted by atomic mass is 16.5. The number of ether oxygens (including phenoxy) is 3. The molecule has 0 saturated heterocycles. The van der Waals surface area contributed by atoms with Crippen molar-refractivity contribution in [2.24, 2.45) is 0 Å². The topological polar surface area (TPSA) is 69.7 Å². The van der Waals surface area contributed by atoms with Crippen LogP contribution in [0.2, 0.25) is 0 Å². The molecule has 0 aliphatic rings. The van der Waals surface area contributed by atoms with Crippen LogP contribution in [0.15, 0.2) is 18.3 Å². The number of hydrogen-bond acceptors (Lipinski definition) is 5. The van der Waals surface area contributed by atoms with Gasteiger partial charge in [-0.15, -0.1) is 0 Å². The molecule has 1 heterocycles. The molecule has 1 aromatic rings. The minimum Gasteiger partial charge on any atom is -0.475 e. The largest absolute Gasteiger partial charge is 0.475 e. The van der Waals surface area contributed by atoms with Gasteiger partial charge in [0.1, 0.15) is 12.2 Å². The van der Waals surface area contributed by atoms with E-state index in [2.05, 4.69) is 17.2 Å². The van der Waals surface area contributed by atoms with Gasteiger partial charge in [-0.05, 0) is 26.3 Å². The Balaban J connectivity index is 2.63. The Morgan fingerprint density at radius 1 is 1.30 bits per heavy atom. The van der Waals surface area contributed by atoms with Crippen molar-refractivity contribution in [1.29, 1.82) is 0 Å². The van der Waals surface area contributed by atoms with Crippen LogP contribution in [0, 0.1) is 0 Å². The summed E-state index contributed by atoms with van der Waals surface area (Å²) in [5, 5.41) is 2.86. The fourth-order valence-electron chi connectivity index (χ4n) is 2.12. The van der Waals surface area contributed by atoms with Crippen molar-refractivity contribution in [3.05, 3.63) is 18.3 Å². The monoisotopic (exact) mass is 324 g/mol. The number of amides is 1. The maximum absolute atomic E-state index is 12.5. The van der Waals surface area contributed by atoms with E-state index in [1.165, 1.54) is 0 Å². The summed E-state index contributed by atoms with van der Waals surface area (Å²) in [7, 11) is 1.61. The first-order valence-electron chi connectivity index (χ1n) is 8.09. The van der Waals surface area contributed by atoms with Gasteiger partial charge in [-0.1, -0.05) is 19.8 Å². The van der Waals surface area contributed by atoms with E-state index in [1.54, 1.807) is 25.4 Å². The van der Waals surface area contributed by atoms with E-state index < -0.39 is 5.60 Å². The number of aromatic nitrogens is 1. The Morgan fingerprint density at radius 3 is 2.65 bits per heavy atom. The number of nitrogens with zero attached hydrogens (tertiary/aromatic N) is 1. The third-order valence-corrected chi connectivity index (χ3v) is 3.48. The van der Waals surface area contributed by atoms with Gasteiger partial charge in [0.25, 0.3) is 5.91 Å². The minimum atomic E-state index is -0.821. The number of methoxy groups -OCH3 is 1. The van der Waals surface area contributed by atoms with Gasteiger partial charge in [0.2, 0.25) is 5.88 Å². The Morgan fingerprint density at radius 2 is 2.09 bits per heavy atom. The molecule has 1 N–H and O–H groups in total. The van der Waals surface area contributed by atoms with Crippen molar-refractivity contribution in [2.75, 3.05) is 32.2 Å². The molecule has 0 aliphatic carbocycles. The number of anilines is 1. The van der Waals surface area contributed by atoms with Crippen LogP contribution in [0.25, 0.3) is 0 Å². The highest BCUT2D eigenvalue weighted by molar-refractivity contribution is 5.96. The third kappa shape index (κ3) is 6.54. The molecule has 1 amide bonds. The maximum atomic E-state index is 12.5. The molecule has 0 aromatic carbocycles. The molecule has 0 aliphatic heterocycles. The van der Waals surface area contributed by atoms with Crippen LogP contribution in [-0.4, -0.2) is 43.4 Å². The van der Waals surface area contributed by atoms with Crippen molar-refractivity contribution in [3.8, 4) is 5.88 Å². The van der Waals surface area contributed by atoms with Crippen LogP contribution in [0.3, 0.4) is 0 Å². The zero-order valence-corrected chi connectivity index (χ0v) is 14.6. The van der Waals surface area contributed by atoms with E-state index in [4.69, 9.17) is 14.2 Å². The number of rotatable bonds is 11. The van der Waals surface area contributed by atoms with Gasteiger partial charge in [0.05, 0.1) is 18.5 Å².